The van der Waals surface area contributed by atoms with Crippen molar-refractivity contribution in [1.82, 2.24) is 29.1 Å². The average Bonchev–Trinajstić information content (AvgIpc) is 3.48. The molecule has 0 atom stereocenters. The van der Waals surface area contributed by atoms with Gasteiger partial charge >= 0.3 is 6.09 Å². The Morgan fingerprint density at radius 1 is 1.22 bits per heavy atom. The summed E-state index contributed by atoms with van der Waals surface area (Å²) in [5, 5.41) is 4.82. The van der Waals surface area contributed by atoms with E-state index in [-0.39, 0.29) is 6.09 Å². The van der Waals surface area contributed by atoms with Gasteiger partial charge in [-0.3, -0.25) is 14.5 Å². The zero-order valence-electron chi connectivity index (χ0n) is 15.5. The second-order valence-electron chi connectivity index (χ2n) is 6.89. The van der Waals surface area contributed by atoms with Crippen LogP contribution in [-0.2, 0) is 11.4 Å². The van der Waals surface area contributed by atoms with Crippen molar-refractivity contribution in [3.63, 3.8) is 0 Å². The van der Waals surface area contributed by atoms with Gasteiger partial charge in [0.05, 0.1) is 13.3 Å². The lowest BCUT2D eigenvalue weighted by molar-refractivity contribution is 0.0690. The second-order valence-corrected chi connectivity index (χ2v) is 7.25. The molecule has 4 rings (SSSR count). The van der Waals surface area contributed by atoms with Crippen molar-refractivity contribution in [1.29, 1.82) is 0 Å². The standard InChI is InChI=1S/C18H24N6O2S/c1-2-26-18(25)22-11-9-21(10-12-22)13-23-17(27)24(15-3-4-15)16(20-23)14-5-7-19-8-6-14/h5-8,15H,2-4,9-13H2,1H3. The summed E-state index contributed by atoms with van der Waals surface area (Å²) in [5.74, 6) is 0.912. The van der Waals surface area contributed by atoms with Crippen molar-refractivity contribution in [2.24, 2.45) is 0 Å². The molecule has 1 saturated heterocycles. The molecule has 0 spiro atoms. The zero-order valence-corrected chi connectivity index (χ0v) is 16.3. The summed E-state index contributed by atoms with van der Waals surface area (Å²) in [6, 6.07) is 4.40. The molecule has 0 unspecified atom stereocenters. The van der Waals surface area contributed by atoms with Crippen LogP contribution in [0.2, 0.25) is 0 Å². The van der Waals surface area contributed by atoms with E-state index in [1.165, 1.54) is 0 Å². The Bertz CT molecular complexity index is 852. The van der Waals surface area contributed by atoms with Crippen LogP contribution in [0.1, 0.15) is 25.8 Å². The number of rotatable bonds is 5. The molecule has 2 aliphatic rings. The highest BCUT2D eigenvalue weighted by molar-refractivity contribution is 7.71. The van der Waals surface area contributed by atoms with E-state index in [0.29, 0.717) is 32.4 Å². The van der Waals surface area contributed by atoms with Crippen LogP contribution in [0.5, 0.6) is 0 Å². The van der Waals surface area contributed by atoms with Gasteiger partial charge in [-0.2, -0.15) is 5.10 Å². The van der Waals surface area contributed by atoms with Crippen molar-refractivity contribution < 1.29 is 9.53 Å². The first-order valence-corrected chi connectivity index (χ1v) is 9.82. The fourth-order valence-electron chi connectivity index (χ4n) is 3.35. The summed E-state index contributed by atoms with van der Waals surface area (Å²) in [6.45, 7) is 5.74. The smallest absolute Gasteiger partial charge is 0.409 e. The maximum absolute atomic E-state index is 11.8. The molecular formula is C18H24N6O2S. The van der Waals surface area contributed by atoms with Crippen molar-refractivity contribution in [3.05, 3.63) is 29.3 Å². The molecule has 27 heavy (non-hydrogen) atoms. The predicted molar refractivity (Wildman–Crippen MR) is 103 cm³/mol. The lowest BCUT2D eigenvalue weighted by atomic mass is 10.2. The molecule has 0 N–H and O–H groups in total. The number of hydrogen-bond donors (Lipinski definition) is 0. The third kappa shape index (κ3) is 3.89. The summed E-state index contributed by atoms with van der Waals surface area (Å²) >= 11 is 5.73. The summed E-state index contributed by atoms with van der Waals surface area (Å²) in [6.07, 6.45) is 5.63. The SMILES string of the molecule is CCOC(=O)N1CCN(Cn2nc(-c3ccncc3)n(C3CC3)c2=S)CC1. The molecule has 9 heteroatoms. The van der Waals surface area contributed by atoms with Crippen LogP contribution in [0.3, 0.4) is 0 Å². The topological polar surface area (TPSA) is 68.4 Å². The molecule has 8 nitrogen and oxygen atoms in total. The number of pyridine rings is 1. The van der Waals surface area contributed by atoms with Crippen LogP contribution in [-0.4, -0.2) is 68.0 Å². The van der Waals surface area contributed by atoms with Crippen LogP contribution in [0.4, 0.5) is 4.79 Å². The largest absolute Gasteiger partial charge is 0.450 e. The Hall–Kier alpha value is -2.26. The number of nitrogens with zero attached hydrogens (tertiary/aromatic N) is 6. The second kappa shape index (κ2) is 7.77. The third-order valence-electron chi connectivity index (χ3n) is 4.95. The van der Waals surface area contributed by atoms with Gasteiger partial charge in [0.15, 0.2) is 10.6 Å². The van der Waals surface area contributed by atoms with E-state index in [9.17, 15) is 4.79 Å². The molecule has 2 aromatic rings. The summed E-state index contributed by atoms with van der Waals surface area (Å²) in [5.41, 5.74) is 1.04. The molecule has 2 aromatic heterocycles. The Kier molecular flexibility index (Phi) is 5.22. The van der Waals surface area contributed by atoms with Crippen LogP contribution in [0.15, 0.2) is 24.5 Å². The van der Waals surface area contributed by atoms with Gasteiger partial charge in [-0.15, -0.1) is 0 Å². The van der Waals surface area contributed by atoms with Gasteiger partial charge in [0.2, 0.25) is 0 Å². The molecule has 144 valence electrons. The van der Waals surface area contributed by atoms with Crippen molar-refractivity contribution >= 4 is 18.3 Å². The fraction of sp³-hybridized carbons (Fsp3) is 0.556. The van der Waals surface area contributed by atoms with Gasteiger partial charge in [-0.05, 0) is 44.1 Å². The molecule has 0 aromatic carbocycles. The van der Waals surface area contributed by atoms with Crippen LogP contribution >= 0.6 is 12.2 Å². The maximum Gasteiger partial charge on any atom is 0.409 e. The number of aromatic nitrogens is 4. The molecular weight excluding hydrogens is 364 g/mol. The van der Waals surface area contributed by atoms with Crippen molar-refractivity contribution in [2.75, 3.05) is 32.8 Å². The highest BCUT2D eigenvalue weighted by Gasteiger charge is 2.30. The minimum absolute atomic E-state index is 0.230. The monoisotopic (exact) mass is 388 g/mol. The van der Waals surface area contributed by atoms with Crippen LogP contribution in [0, 0.1) is 4.77 Å². The van der Waals surface area contributed by atoms with E-state index in [0.717, 1.165) is 42.1 Å². The van der Waals surface area contributed by atoms with Gasteiger partial charge in [0, 0.05) is 50.2 Å². The Balaban J connectivity index is 1.49. The zero-order chi connectivity index (χ0) is 18.8. The Morgan fingerprint density at radius 3 is 2.56 bits per heavy atom. The van der Waals surface area contributed by atoms with E-state index in [2.05, 4.69) is 14.5 Å². The molecule has 1 amide bonds. The molecule has 0 bridgehead atoms. The van der Waals surface area contributed by atoms with Gasteiger partial charge in [0.25, 0.3) is 0 Å². The van der Waals surface area contributed by atoms with Gasteiger partial charge in [0.1, 0.15) is 0 Å². The Morgan fingerprint density at radius 2 is 1.93 bits per heavy atom. The Labute approximate surface area is 163 Å². The number of ether oxygens (including phenoxy) is 1. The van der Waals surface area contributed by atoms with Crippen LogP contribution in [0.25, 0.3) is 11.4 Å². The number of carbonyl (C=O) groups excluding carboxylic acids is 1. The molecule has 2 fully saturated rings. The summed E-state index contributed by atoms with van der Waals surface area (Å²) < 4.78 is 9.93. The van der Waals surface area contributed by atoms with E-state index in [1.54, 1.807) is 17.3 Å². The van der Waals surface area contributed by atoms with Crippen molar-refractivity contribution in [2.45, 2.75) is 32.5 Å². The number of amides is 1. The van der Waals surface area contributed by atoms with E-state index in [4.69, 9.17) is 22.1 Å². The molecule has 3 heterocycles. The third-order valence-corrected chi connectivity index (χ3v) is 5.36. The summed E-state index contributed by atoms with van der Waals surface area (Å²) in [4.78, 5) is 20.0. The first kappa shape index (κ1) is 18.1. The van der Waals surface area contributed by atoms with E-state index in [1.807, 2.05) is 23.7 Å². The molecule has 0 radical (unpaired) electrons. The van der Waals surface area contributed by atoms with Gasteiger partial charge in [-0.1, -0.05) is 0 Å². The van der Waals surface area contributed by atoms with Crippen molar-refractivity contribution in [3.8, 4) is 11.4 Å². The summed E-state index contributed by atoms with van der Waals surface area (Å²) in [7, 11) is 0. The number of hydrogen-bond acceptors (Lipinski definition) is 6. The average molecular weight is 388 g/mol. The van der Waals surface area contributed by atoms with E-state index >= 15 is 0 Å². The highest BCUT2D eigenvalue weighted by Crippen LogP contribution is 2.38. The fourth-order valence-corrected chi connectivity index (χ4v) is 3.68. The molecule has 1 aliphatic heterocycles. The normalized spacial score (nSPS) is 17.9. The maximum atomic E-state index is 11.8. The first-order valence-electron chi connectivity index (χ1n) is 9.41. The first-order chi connectivity index (χ1) is 13.2. The van der Waals surface area contributed by atoms with Crippen LogP contribution < -0.4 is 0 Å². The lowest BCUT2D eigenvalue weighted by Gasteiger charge is -2.33. The van der Waals surface area contributed by atoms with E-state index < -0.39 is 0 Å². The quantitative estimate of drug-likeness (QED) is 0.734. The number of piperazine rings is 1. The molecule has 1 aliphatic carbocycles. The minimum Gasteiger partial charge on any atom is -0.450 e. The van der Waals surface area contributed by atoms with Gasteiger partial charge in [-0.25, -0.2) is 9.48 Å². The highest BCUT2D eigenvalue weighted by atomic mass is 32.1. The lowest BCUT2D eigenvalue weighted by Crippen LogP contribution is -2.49. The molecule has 1 saturated carbocycles. The number of carbonyl (C=O) groups is 1. The van der Waals surface area contributed by atoms with Gasteiger partial charge < -0.3 is 9.64 Å². The minimum atomic E-state index is -0.230. The predicted octanol–water partition coefficient (Wildman–Crippen LogP) is 2.54.